The van der Waals surface area contributed by atoms with Crippen LogP contribution >= 0.6 is 0 Å². The number of nitrogens with zero attached hydrogens (tertiary/aromatic N) is 1. The molecule has 0 atom stereocenters. The van der Waals surface area contributed by atoms with Crippen LogP contribution in [0.4, 0.5) is 5.69 Å². The lowest BCUT2D eigenvalue weighted by Gasteiger charge is -2.09. The van der Waals surface area contributed by atoms with Gasteiger partial charge in [0, 0.05) is 18.2 Å². The monoisotopic (exact) mass is 245 g/mol. The first-order chi connectivity index (χ1) is 8.58. The maximum atomic E-state index is 11.4. The third-order valence-electron chi connectivity index (χ3n) is 2.53. The number of nitrogens with two attached hydrogens (primary N) is 1. The maximum Gasteiger partial charge on any atom is 0.254 e. The number of hydrogen-bond acceptors (Lipinski definition) is 4. The molecule has 0 unspecified atom stereocenters. The van der Waals surface area contributed by atoms with Crippen molar-refractivity contribution in [2.45, 2.75) is 20.3 Å². The molecule has 2 rings (SSSR count). The van der Waals surface area contributed by atoms with Crippen LogP contribution in [0.25, 0.3) is 0 Å². The molecule has 1 heterocycles. The summed E-state index contributed by atoms with van der Waals surface area (Å²) >= 11 is 0. The molecule has 0 fully saturated rings. The van der Waals surface area contributed by atoms with E-state index in [0.29, 0.717) is 23.7 Å². The van der Waals surface area contributed by atoms with Crippen LogP contribution in [0.3, 0.4) is 0 Å². The topological polar surface area (TPSA) is 81.0 Å². The zero-order chi connectivity index (χ0) is 13.1. The highest BCUT2D eigenvalue weighted by atomic mass is 16.5. The highest BCUT2D eigenvalue weighted by Gasteiger charge is 2.05. The van der Waals surface area contributed by atoms with Crippen molar-refractivity contribution < 1.29 is 4.74 Å². The number of ether oxygens (including phenoxy) is 1. The van der Waals surface area contributed by atoms with Crippen LogP contribution in [0.5, 0.6) is 11.6 Å². The standard InChI is InChI=1S/C13H15N3O2/c1-3-11-15-12(17)7-13(16-11)18-10-6-9(14)5-4-8(10)2/h4-7H,3,14H2,1-2H3,(H,15,16,17). The summed E-state index contributed by atoms with van der Waals surface area (Å²) in [6.07, 6.45) is 0.641. The quantitative estimate of drug-likeness (QED) is 0.810. The molecule has 3 N–H and O–H groups in total. The molecule has 5 nitrogen and oxygen atoms in total. The minimum atomic E-state index is -0.224. The summed E-state index contributed by atoms with van der Waals surface area (Å²) in [6, 6.07) is 6.69. The summed E-state index contributed by atoms with van der Waals surface area (Å²) < 4.78 is 5.60. The van der Waals surface area contributed by atoms with Crippen molar-refractivity contribution in [2.75, 3.05) is 5.73 Å². The summed E-state index contributed by atoms with van der Waals surface area (Å²) in [5, 5.41) is 0. The summed E-state index contributed by atoms with van der Waals surface area (Å²) in [5.41, 5.74) is 7.02. The third kappa shape index (κ3) is 2.68. The Kier molecular flexibility index (Phi) is 3.32. The largest absolute Gasteiger partial charge is 0.438 e. The molecule has 0 aliphatic rings. The third-order valence-corrected chi connectivity index (χ3v) is 2.53. The fraction of sp³-hybridized carbons (Fsp3) is 0.231. The van der Waals surface area contributed by atoms with E-state index in [0.717, 1.165) is 5.56 Å². The number of nitrogen functional groups attached to an aromatic ring is 1. The van der Waals surface area contributed by atoms with Crippen molar-refractivity contribution in [1.29, 1.82) is 0 Å². The van der Waals surface area contributed by atoms with Gasteiger partial charge < -0.3 is 15.5 Å². The van der Waals surface area contributed by atoms with Crippen LogP contribution < -0.4 is 16.0 Å². The van der Waals surface area contributed by atoms with Crippen molar-refractivity contribution in [3.63, 3.8) is 0 Å². The molecule has 94 valence electrons. The number of rotatable bonds is 3. The predicted octanol–water partition coefficient (Wildman–Crippen LogP) is 2.02. The average molecular weight is 245 g/mol. The van der Waals surface area contributed by atoms with Crippen molar-refractivity contribution in [3.05, 3.63) is 46.0 Å². The molecule has 1 aromatic heterocycles. The molecule has 0 amide bonds. The Morgan fingerprint density at radius 1 is 1.39 bits per heavy atom. The number of hydrogen-bond donors (Lipinski definition) is 2. The van der Waals surface area contributed by atoms with Crippen LogP contribution in [0, 0.1) is 6.92 Å². The number of nitrogens with one attached hydrogen (secondary N) is 1. The van der Waals surface area contributed by atoms with Crippen molar-refractivity contribution in [1.82, 2.24) is 9.97 Å². The van der Waals surface area contributed by atoms with Crippen molar-refractivity contribution in [2.24, 2.45) is 0 Å². The average Bonchev–Trinajstić information content (AvgIpc) is 2.33. The summed E-state index contributed by atoms with van der Waals surface area (Å²) in [5.74, 6) is 1.48. The van der Waals surface area contributed by atoms with Gasteiger partial charge >= 0.3 is 0 Å². The Hall–Kier alpha value is -2.30. The Bertz CT molecular complexity index is 620. The molecule has 0 saturated heterocycles. The molecular formula is C13H15N3O2. The maximum absolute atomic E-state index is 11.4. The van der Waals surface area contributed by atoms with Crippen LogP contribution in [0.1, 0.15) is 18.3 Å². The van der Waals surface area contributed by atoms with Gasteiger partial charge in [-0.1, -0.05) is 13.0 Å². The fourth-order valence-electron chi connectivity index (χ4n) is 1.54. The van der Waals surface area contributed by atoms with Crippen molar-refractivity contribution in [3.8, 4) is 11.6 Å². The van der Waals surface area contributed by atoms with Gasteiger partial charge in [0.05, 0.1) is 6.07 Å². The number of H-pyrrole nitrogens is 1. The van der Waals surface area contributed by atoms with Crippen LogP contribution in [0.2, 0.25) is 0 Å². The predicted molar refractivity (Wildman–Crippen MR) is 69.9 cm³/mol. The molecule has 0 saturated carbocycles. The van der Waals surface area contributed by atoms with Crippen LogP contribution in [-0.4, -0.2) is 9.97 Å². The second kappa shape index (κ2) is 4.91. The number of benzene rings is 1. The second-order valence-electron chi connectivity index (χ2n) is 4.01. The van der Waals surface area contributed by atoms with Gasteiger partial charge in [-0.2, -0.15) is 4.98 Å². The van der Waals surface area contributed by atoms with Gasteiger partial charge in [0.25, 0.3) is 5.56 Å². The molecule has 0 radical (unpaired) electrons. The first-order valence-electron chi connectivity index (χ1n) is 5.72. The Morgan fingerprint density at radius 3 is 2.89 bits per heavy atom. The Labute approximate surface area is 105 Å². The van der Waals surface area contributed by atoms with Gasteiger partial charge in [0.1, 0.15) is 11.6 Å². The molecule has 0 spiro atoms. The second-order valence-corrected chi connectivity index (χ2v) is 4.01. The van der Waals surface area contributed by atoms with Gasteiger partial charge in [-0.25, -0.2) is 0 Å². The molecular weight excluding hydrogens is 230 g/mol. The zero-order valence-electron chi connectivity index (χ0n) is 10.4. The van der Waals surface area contributed by atoms with Crippen LogP contribution in [-0.2, 0) is 6.42 Å². The lowest BCUT2D eigenvalue weighted by molar-refractivity contribution is 0.454. The number of aromatic nitrogens is 2. The summed E-state index contributed by atoms with van der Waals surface area (Å²) in [6.45, 7) is 3.82. The van der Waals surface area contributed by atoms with E-state index in [1.807, 2.05) is 19.9 Å². The molecule has 5 heteroatoms. The van der Waals surface area contributed by atoms with E-state index in [2.05, 4.69) is 9.97 Å². The number of aryl methyl sites for hydroxylation is 2. The normalized spacial score (nSPS) is 10.3. The van der Waals surface area contributed by atoms with E-state index >= 15 is 0 Å². The van der Waals surface area contributed by atoms with E-state index < -0.39 is 0 Å². The van der Waals surface area contributed by atoms with Gasteiger partial charge in [-0.05, 0) is 18.6 Å². The SMILES string of the molecule is CCc1nc(Oc2cc(N)ccc2C)cc(=O)[nH]1. The van der Waals surface area contributed by atoms with Crippen LogP contribution in [0.15, 0.2) is 29.1 Å². The molecule has 0 aliphatic carbocycles. The van der Waals surface area contributed by atoms with E-state index in [-0.39, 0.29) is 11.4 Å². The summed E-state index contributed by atoms with van der Waals surface area (Å²) in [7, 11) is 0. The Balaban J connectivity index is 2.36. The lowest BCUT2D eigenvalue weighted by Crippen LogP contribution is -2.10. The summed E-state index contributed by atoms with van der Waals surface area (Å²) in [4.78, 5) is 18.2. The molecule has 2 aromatic rings. The molecule has 18 heavy (non-hydrogen) atoms. The first kappa shape index (κ1) is 12.2. The highest BCUT2D eigenvalue weighted by Crippen LogP contribution is 2.25. The van der Waals surface area contributed by atoms with E-state index in [9.17, 15) is 4.79 Å². The van der Waals surface area contributed by atoms with Gasteiger partial charge in [-0.3, -0.25) is 4.79 Å². The number of aromatic amines is 1. The Morgan fingerprint density at radius 2 is 2.17 bits per heavy atom. The smallest absolute Gasteiger partial charge is 0.254 e. The van der Waals surface area contributed by atoms with Gasteiger partial charge in [0.15, 0.2) is 0 Å². The number of anilines is 1. The molecule has 1 aromatic carbocycles. The highest BCUT2D eigenvalue weighted by molar-refractivity contribution is 5.48. The fourth-order valence-corrected chi connectivity index (χ4v) is 1.54. The first-order valence-corrected chi connectivity index (χ1v) is 5.72. The van der Waals surface area contributed by atoms with Crippen molar-refractivity contribution >= 4 is 5.69 Å². The van der Waals surface area contributed by atoms with E-state index in [1.54, 1.807) is 12.1 Å². The van der Waals surface area contributed by atoms with E-state index in [1.165, 1.54) is 6.07 Å². The van der Waals surface area contributed by atoms with E-state index in [4.69, 9.17) is 10.5 Å². The molecule has 0 aliphatic heterocycles. The van der Waals surface area contributed by atoms with Gasteiger partial charge in [-0.15, -0.1) is 0 Å². The minimum Gasteiger partial charge on any atom is -0.438 e. The minimum absolute atomic E-state index is 0.224. The molecule has 0 bridgehead atoms. The van der Waals surface area contributed by atoms with Gasteiger partial charge in [0.2, 0.25) is 5.88 Å². The lowest BCUT2D eigenvalue weighted by atomic mass is 10.2. The zero-order valence-corrected chi connectivity index (χ0v) is 10.4.